The molecule has 27 heavy (non-hydrogen) atoms. The predicted octanol–water partition coefficient (Wildman–Crippen LogP) is 2.75. The van der Waals surface area contributed by atoms with E-state index in [9.17, 15) is 13.0 Å². The lowest BCUT2D eigenvalue weighted by Gasteiger charge is -2.04. The van der Waals surface area contributed by atoms with Crippen LogP contribution >= 0.6 is 0 Å². The smallest absolute Gasteiger partial charge is 0.375 e. The molecule has 3 aromatic rings. The van der Waals surface area contributed by atoms with Gasteiger partial charge in [-0.05, 0) is 24.3 Å². The fourth-order valence-electron chi connectivity index (χ4n) is 2.71. The van der Waals surface area contributed by atoms with Gasteiger partial charge >= 0.3 is 5.89 Å². The van der Waals surface area contributed by atoms with Crippen LogP contribution in [0.25, 0.3) is 17.2 Å². The Morgan fingerprint density at radius 2 is 2.00 bits per heavy atom. The molecule has 7 nitrogen and oxygen atoms in total. The number of oxazole rings is 1. The van der Waals surface area contributed by atoms with Crippen molar-refractivity contribution < 1.29 is 26.7 Å². The summed E-state index contributed by atoms with van der Waals surface area (Å²) in [5.41, 5.74) is 2.33. The number of aryl methyl sites for hydroxylation is 1. The van der Waals surface area contributed by atoms with Crippen LogP contribution in [0.4, 0.5) is 5.69 Å². The third-order valence-electron chi connectivity index (χ3n) is 3.96. The van der Waals surface area contributed by atoms with Crippen molar-refractivity contribution in [2.24, 2.45) is 0 Å². The van der Waals surface area contributed by atoms with Gasteiger partial charge in [0.2, 0.25) is 5.58 Å². The van der Waals surface area contributed by atoms with E-state index < -0.39 is 15.9 Å². The molecule has 142 valence electrons. The molecule has 1 N–H and O–H groups in total. The molecule has 0 aliphatic rings. The van der Waals surface area contributed by atoms with Gasteiger partial charge in [0.25, 0.3) is 5.52 Å². The molecule has 1 aromatic heterocycles. The number of ether oxygens (including phenoxy) is 1. The second-order valence-electron chi connectivity index (χ2n) is 5.88. The van der Waals surface area contributed by atoms with Crippen LogP contribution in [0.2, 0.25) is 0 Å². The Morgan fingerprint density at radius 1 is 1.22 bits per heavy atom. The minimum absolute atomic E-state index is 0.190. The van der Waals surface area contributed by atoms with Crippen LogP contribution in [0, 0.1) is 0 Å². The van der Waals surface area contributed by atoms with Gasteiger partial charge in [0.05, 0.1) is 29.4 Å². The Labute approximate surface area is 157 Å². The summed E-state index contributed by atoms with van der Waals surface area (Å²) in [5, 5.41) is 3.14. The maximum absolute atomic E-state index is 10.9. The summed E-state index contributed by atoms with van der Waals surface area (Å²) in [5.74, 6) is 0.763. The van der Waals surface area contributed by atoms with Crippen molar-refractivity contribution in [1.29, 1.82) is 0 Å². The average Bonchev–Trinajstić information content (AvgIpc) is 2.98. The fourth-order valence-corrected chi connectivity index (χ4v) is 3.19. The Hall–Kier alpha value is -2.84. The highest BCUT2D eigenvalue weighted by atomic mass is 32.2. The van der Waals surface area contributed by atoms with Crippen molar-refractivity contribution >= 4 is 33.0 Å². The minimum atomic E-state index is -4.26. The van der Waals surface area contributed by atoms with E-state index in [1.807, 2.05) is 41.0 Å². The number of fused-ring (bicyclic) bond motifs is 1. The van der Waals surface area contributed by atoms with Crippen LogP contribution in [0.3, 0.4) is 0 Å². The number of para-hydroxylation sites is 1. The molecule has 0 aliphatic carbocycles. The van der Waals surface area contributed by atoms with E-state index in [4.69, 9.17) is 9.15 Å². The number of anilines is 1. The number of hydrogen-bond donors (Lipinski definition) is 1. The third-order valence-corrected chi connectivity index (χ3v) is 4.75. The van der Waals surface area contributed by atoms with Crippen molar-refractivity contribution in [3.8, 4) is 5.75 Å². The van der Waals surface area contributed by atoms with Crippen molar-refractivity contribution in [3.05, 3.63) is 60.6 Å². The minimum Gasteiger partial charge on any atom is -0.748 e. The molecule has 0 spiro atoms. The number of benzene rings is 2. The van der Waals surface area contributed by atoms with E-state index in [1.54, 1.807) is 31.5 Å². The lowest BCUT2D eigenvalue weighted by molar-refractivity contribution is -0.677. The molecule has 0 unspecified atom stereocenters. The van der Waals surface area contributed by atoms with Gasteiger partial charge < -0.3 is 19.0 Å². The summed E-state index contributed by atoms with van der Waals surface area (Å²) in [7, 11) is -2.69. The molecule has 0 saturated carbocycles. The molecule has 0 radical (unpaired) electrons. The van der Waals surface area contributed by atoms with Crippen molar-refractivity contribution in [3.63, 3.8) is 0 Å². The van der Waals surface area contributed by atoms with Crippen LogP contribution < -0.4 is 14.6 Å². The number of aromatic nitrogens is 1. The highest BCUT2D eigenvalue weighted by Gasteiger charge is 2.21. The van der Waals surface area contributed by atoms with Gasteiger partial charge in [-0.15, -0.1) is 0 Å². The normalized spacial score (nSPS) is 11.9. The summed E-state index contributed by atoms with van der Waals surface area (Å²) in [6, 6.07) is 15.0. The maximum atomic E-state index is 10.9. The van der Waals surface area contributed by atoms with E-state index in [2.05, 4.69) is 5.32 Å². The Kier molecular flexibility index (Phi) is 5.78. The molecule has 2 aromatic carbocycles. The molecule has 0 fully saturated rings. The Bertz CT molecular complexity index is 1040. The van der Waals surface area contributed by atoms with Gasteiger partial charge in [-0.2, -0.15) is 4.57 Å². The zero-order valence-electron chi connectivity index (χ0n) is 14.8. The van der Waals surface area contributed by atoms with E-state index in [-0.39, 0.29) is 6.42 Å². The predicted molar refractivity (Wildman–Crippen MR) is 101 cm³/mol. The Morgan fingerprint density at radius 3 is 2.70 bits per heavy atom. The molecule has 0 atom stereocenters. The van der Waals surface area contributed by atoms with E-state index in [0.29, 0.717) is 23.8 Å². The van der Waals surface area contributed by atoms with Gasteiger partial charge in [-0.25, -0.2) is 8.42 Å². The van der Waals surface area contributed by atoms with Crippen molar-refractivity contribution in [2.75, 3.05) is 18.2 Å². The molecule has 8 heteroatoms. The van der Waals surface area contributed by atoms with Crippen LogP contribution in [-0.4, -0.2) is 25.8 Å². The van der Waals surface area contributed by atoms with Crippen molar-refractivity contribution in [1.82, 2.24) is 0 Å². The molecule has 0 amide bonds. The van der Waals surface area contributed by atoms with Crippen LogP contribution in [0.1, 0.15) is 12.3 Å². The molecule has 0 aliphatic heterocycles. The first-order valence-electron chi connectivity index (χ1n) is 8.38. The first-order valence-corrected chi connectivity index (χ1v) is 9.96. The largest absolute Gasteiger partial charge is 0.748 e. The molecule has 0 saturated heterocycles. The quantitative estimate of drug-likeness (QED) is 0.471. The molecule has 0 bridgehead atoms. The van der Waals surface area contributed by atoms with Crippen LogP contribution in [0.15, 0.2) is 59.1 Å². The number of nitrogens with zero attached hydrogens (tertiary/aromatic N) is 1. The second kappa shape index (κ2) is 8.24. The zero-order chi connectivity index (χ0) is 19.3. The van der Waals surface area contributed by atoms with E-state index in [0.717, 1.165) is 11.2 Å². The van der Waals surface area contributed by atoms with E-state index >= 15 is 0 Å². The number of nitrogens with one attached hydrogen (secondary N) is 1. The summed E-state index contributed by atoms with van der Waals surface area (Å²) in [6.45, 7) is 0.326. The molecule has 1 heterocycles. The average molecular weight is 388 g/mol. The molecular formula is C19H20N2O5S. The molecule has 3 rings (SSSR count). The fraction of sp³-hybridized carbons (Fsp3) is 0.211. The summed E-state index contributed by atoms with van der Waals surface area (Å²) in [6.07, 6.45) is 3.69. The second-order valence-corrected chi connectivity index (χ2v) is 7.41. The van der Waals surface area contributed by atoms with E-state index in [1.165, 1.54) is 0 Å². The lowest BCUT2D eigenvalue weighted by atomic mass is 10.3. The standard InChI is InChI=1S/C19H20N2O5S/c1-25-16-8-9-18-17(14-16)21(12-5-13-27(22,23)24)19(26-18)10-11-20-15-6-3-2-4-7-15/h2-4,6-11,14H,5,12-13H2,1H3,(H,22,23,24). The summed E-state index contributed by atoms with van der Waals surface area (Å²) in [4.78, 5) is 0. The van der Waals surface area contributed by atoms with Gasteiger partial charge in [0.1, 0.15) is 5.75 Å². The van der Waals surface area contributed by atoms with Crippen LogP contribution in [-0.2, 0) is 16.7 Å². The van der Waals surface area contributed by atoms with Crippen LogP contribution in [0.5, 0.6) is 5.75 Å². The maximum Gasteiger partial charge on any atom is 0.375 e. The summed E-state index contributed by atoms with van der Waals surface area (Å²) < 4.78 is 45.7. The summed E-state index contributed by atoms with van der Waals surface area (Å²) >= 11 is 0. The third kappa shape index (κ3) is 5.08. The first-order chi connectivity index (χ1) is 13.0. The monoisotopic (exact) mass is 388 g/mol. The number of rotatable bonds is 8. The lowest BCUT2D eigenvalue weighted by Crippen LogP contribution is -2.36. The molecular weight excluding hydrogens is 368 g/mol. The number of methoxy groups -OCH3 is 1. The highest BCUT2D eigenvalue weighted by Crippen LogP contribution is 2.21. The van der Waals surface area contributed by atoms with Gasteiger partial charge in [-0.1, -0.05) is 18.2 Å². The number of hydrogen-bond acceptors (Lipinski definition) is 6. The van der Waals surface area contributed by atoms with Gasteiger partial charge in [0.15, 0.2) is 6.54 Å². The van der Waals surface area contributed by atoms with Crippen molar-refractivity contribution in [2.45, 2.75) is 13.0 Å². The topological polar surface area (TPSA) is 95.5 Å². The highest BCUT2D eigenvalue weighted by molar-refractivity contribution is 7.85. The van der Waals surface area contributed by atoms with Gasteiger partial charge in [0, 0.05) is 24.1 Å². The first kappa shape index (κ1) is 18.9. The SMILES string of the molecule is COc1ccc2oc(/C=C/Nc3ccccc3)[n+](CCCS(=O)(=O)[O-])c2c1. The van der Waals surface area contributed by atoms with Gasteiger partial charge in [-0.3, -0.25) is 0 Å². The Balaban J connectivity index is 1.88. The zero-order valence-corrected chi connectivity index (χ0v) is 15.6.